The smallest absolute Gasteiger partial charge is 0.252 e. The third-order valence-corrected chi connectivity index (χ3v) is 7.28. The first-order chi connectivity index (χ1) is 16.1. The van der Waals surface area contributed by atoms with Crippen LogP contribution in [0.1, 0.15) is 75.1 Å². The molecule has 2 aromatic heterocycles. The van der Waals surface area contributed by atoms with Crippen LogP contribution in [0.3, 0.4) is 0 Å². The van der Waals surface area contributed by atoms with Crippen molar-refractivity contribution in [1.82, 2.24) is 19.6 Å². The number of aromatic nitrogens is 2. The lowest BCUT2D eigenvalue weighted by atomic mass is 9.85. The summed E-state index contributed by atoms with van der Waals surface area (Å²) in [7, 11) is 0. The van der Waals surface area contributed by atoms with Gasteiger partial charge in [0.2, 0.25) is 5.91 Å². The van der Waals surface area contributed by atoms with E-state index in [0.717, 1.165) is 76.7 Å². The van der Waals surface area contributed by atoms with Crippen molar-refractivity contribution in [2.24, 2.45) is 11.8 Å². The molecule has 180 valence electrons. The number of rotatable bonds is 9. The maximum Gasteiger partial charge on any atom is 0.252 e. The first kappa shape index (κ1) is 23.7. The van der Waals surface area contributed by atoms with Crippen LogP contribution >= 0.6 is 0 Å². The Labute approximate surface area is 196 Å². The van der Waals surface area contributed by atoms with E-state index in [-0.39, 0.29) is 17.9 Å². The number of hydrogen-bond donors (Lipinski definition) is 1. The van der Waals surface area contributed by atoms with Gasteiger partial charge >= 0.3 is 0 Å². The van der Waals surface area contributed by atoms with Crippen molar-refractivity contribution in [3.05, 3.63) is 36.3 Å². The van der Waals surface area contributed by atoms with Crippen LogP contribution in [0.25, 0.3) is 5.65 Å². The van der Waals surface area contributed by atoms with Crippen molar-refractivity contribution in [2.75, 3.05) is 26.2 Å². The molecule has 33 heavy (non-hydrogen) atoms. The normalized spacial score (nSPS) is 21.9. The van der Waals surface area contributed by atoms with Crippen molar-refractivity contribution < 1.29 is 14.3 Å². The molecule has 4 rings (SSSR count). The molecular formula is C26H38N4O3. The topological polar surface area (TPSA) is 75.9 Å². The number of fused-ring (bicyclic) bond motifs is 1. The molecule has 1 aliphatic heterocycles. The summed E-state index contributed by atoms with van der Waals surface area (Å²) in [5, 5.41) is 3.03. The van der Waals surface area contributed by atoms with Crippen LogP contribution in [-0.2, 0) is 9.53 Å². The molecule has 1 saturated heterocycles. The summed E-state index contributed by atoms with van der Waals surface area (Å²) >= 11 is 0. The van der Waals surface area contributed by atoms with Crippen LogP contribution in [0, 0.1) is 11.8 Å². The number of nitrogens with zero attached hydrogens (tertiary/aromatic N) is 3. The third kappa shape index (κ3) is 6.34. The van der Waals surface area contributed by atoms with E-state index in [1.807, 2.05) is 35.9 Å². The fourth-order valence-corrected chi connectivity index (χ4v) is 5.37. The SMILES string of the molecule is CCOC1CCCC(C(=O)N2CCC(CCCCNC(=O)c3ccc4nccn4c3)CC2)C1. The highest BCUT2D eigenvalue weighted by Crippen LogP contribution is 2.30. The lowest BCUT2D eigenvalue weighted by molar-refractivity contribution is -0.140. The van der Waals surface area contributed by atoms with Gasteiger partial charge in [0.25, 0.3) is 5.91 Å². The molecule has 7 nitrogen and oxygen atoms in total. The third-order valence-electron chi connectivity index (χ3n) is 7.28. The number of unbranched alkanes of at least 4 members (excludes halogenated alkanes) is 1. The fraction of sp³-hybridized carbons (Fsp3) is 0.654. The van der Waals surface area contributed by atoms with E-state index in [1.54, 1.807) is 6.20 Å². The van der Waals surface area contributed by atoms with E-state index < -0.39 is 0 Å². The Morgan fingerprint density at radius 3 is 2.82 bits per heavy atom. The Bertz CT molecular complexity index is 917. The zero-order chi connectivity index (χ0) is 23.0. The van der Waals surface area contributed by atoms with Gasteiger partial charge in [0.1, 0.15) is 5.65 Å². The average Bonchev–Trinajstić information content (AvgIpc) is 3.32. The van der Waals surface area contributed by atoms with E-state index in [4.69, 9.17) is 4.74 Å². The molecule has 7 heteroatoms. The maximum absolute atomic E-state index is 13.0. The summed E-state index contributed by atoms with van der Waals surface area (Å²) in [5.41, 5.74) is 1.50. The number of likely N-dealkylation sites (tertiary alicyclic amines) is 1. The van der Waals surface area contributed by atoms with Gasteiger partial charge in [-0.15, -0.1) is 0 Å². The number of ether oxygens (including phenoxy) is 1. The molecule has 2 aliphatic rings. The number of carbonyl (C=O) groups is 2. The Morgan fingerprint density at radius 2 is 2.00 bits per heavy atom. The Morgan fingerprint density at radius 1 is 1.15 bits per heavy atom. The van der Waals surface area contributed by atoms with E-state index in [9.17, 15) is 9.59 Å². The molecule has 0 aromatic carbocycles. The van der Waals surface area contributed by atoms with Crippen LogP contribution in [0.5, 0.6) is 0 Å². The average molecular weight is 455 g/mol. The number of amides is 2. The molecule has 0 radical (unpaired) electrons. The summed E-state index contributed by atoms with van der Waals surface area (Å²) in [6, 6.07) is 3.68. The maximum atomic E-state index is 13.0. The molecule has 0 spiro atoms. The number of piperidine rings is 1. The number of imidazole rings is 1. The number of carbonyl (C=O) groups excluding carboxylic acids is 2. The van der Waals surface area contributed by atoms with Gasteiger partial charge in [-0.05, 0) is 63.5 Å². The lowest BCUT2D eigenvalue weighted by Gasteiger charge is -2.36. The Kier molecular flexibility index (Phi) is 8.37. The standard InChI is InChI=1S/C26H38N4O3/c1-2-33-23-8-5-7-21(18-23)26(32)29-15-11-20(12-16-29)6-3-4-13-28-25(31)22-9-10-24-27-14-17-30(24)19-22/h9-10,14,17,19-21,23H,2-8,11-13,15-16,18H2,1H3,(H,28,31). The van der Waals surface area contributed by atoms with E-state index in [1.165, 1.54) is 6.42 Å². The van der Waals surface area contributed by atoms with E-state index >= 15 is 0 Å². The number of nitrogens with one attached hydrogen (secondary N) is 1. The van der Waals surface area contributed by atoms with Crippen molar-refractivity contribution in [1.29, 1.82) is 0 Å². The minimum absolute atomic E-state index is 0.0355. The molecule has 2 unspecified atom stereocenters. The Balaban J connectivity index is 1.10. The zero-order valence-electron chi connectivity index (χ0n) is 19.9. The van der Waals surface area contributed by atoms with Gasteiger partial charge in [-0.1, -0.05) is 19.3 Å². The minimum atomic E-state index is -0.0355. The second-order valence-electron chi connectivity index (χ2n) is 9.57. The van der Waals surface area contributed by atoms with Gasteiger partial charge in [-0.2, -0.15) is 0 Å². The zero-order valence-corrected chi connectivity index (χ0v) is 19.9. The predicted molar refractivity (Wildman–Crippen MR) is 128 cm³/mol. The summed E-state index contributed by atoms with van der Waals surface area (Å²) in [5.74, 6) is 1.17. The van der Waals surface area contributed by atoms with Crippen LogP contribution < -0.4 is 5.32 Å². The van der Waals surface area contributed by atoms with Crippen molar-refractivity contribution >= 4 is 17.5 Å². The van der Waals surface area contributed by atoms with Crippen LogP contribution in [-0.4, -0.2) is 58.4 Å². The second kappa shape index (κ2) is 11.6. The lowest BCUT2D eigenvalue weighted by Crippen LogP contribution is -2.43. The molecule has 1 aliphatic carbocycles. The van der Waals surface area contributed by atoms with Crippen molar-refractivity contribution in [3.8, 4) is 0 Å². The van der Waals surface area contributed by atoms with Gasteiger partial charge in [-0.25, -0.2) is 4.98 Å². The first-order valence-electron chi connectivity index (χ1n) is 12.8. The van der Waals surface area contributed by atoms with Gasteiger partial charge in [0.15, 0.2) is 0 Å². The van der Waals surface area contributed by atoms with Gasteiger partial charge < -0.3 is 19.4 Å². The monoisotopic (exact) mass is 454 g/mol. The highest BCUT2D eigenvalue weighted by molar-refractivity contribution is 5.94. The quantitative estimate of drug-likeness (QED) is 0.580. The van der Waals surface area contributed by atoms with Crippen LogP contribution in [0.2, 0.25) is 0 Å². The molecular weight excluding hydrogens is 416 g/mol. The molecule has 2 fully saturated rings. The summed E-state index contributed by atoms with van der Waals surface area (Å²) in [6.45, 7) is 5.26. The Hall–Kier alpha value is -2.41. The summed E-state index contributed by atoms with van der Waals surface area (Å²) in [4.78, 5) is 31.6. The summed E-state index contributed by atoms with van der Waals surface area (Å²) < 4.78 is 7.64. The summed E-state index contributed by atoms with van der Waals surface area (Å²) in [6.07, 6.45) is 15.2. The van der Waals surface area contributed by atoms with Gasteiger partial charge in [-0.3, -0.25) is 9.59 Å². The molecule has 3 heterocycles. The molecule has 2 aromatic rings. The highest BCUT2D eigenvalue weighted by Gasteiger charge is 2.32. The largest absolute Gasteiger partial charge is 0.378 e. The van der Waals surface area contributed by atoms with Gasteiger partial charge in [0.05, 0.1) is 11.7 Å². The van der Waals surface area contributed by atoms with Crippen molar-refractivity contribution in [2.45, 2.75) is 70.8 Å². The number of hydrogen-bond acceptors (Lipinski definition) is 4. The van der Waals surface area contributed by atoms with E-state index in [2.05, 4.69) is 15.2 Å². The molecule has 0 bridgehead atoms. The van der Waals surface area contributed by atoms with Crippen LogP contribution in [0.15, 0.2) is 30.7 Å². The fourth-order valence-electron chi connectivity index (χ4n) is 5.37. The first-order valence-corrected chi connectivity index (χ1v) is 12.8. The van der Waals surface area contributed by atoms with Crippen LogP contribution in [0.4, 0.5) is 0 Å². The molecule has 2 amide bonds. The second-order valence-corrected chi connectivity index (χ2v) is 9.57. The highest BCUT2D eigenvalue weighted by atomic mass is 16.5. The van der Waals surface area contributed by atoms with Crippen molar-refractivity contribution in [3.63, 3.8) is 0 Å². The molecule has 2 atom stereocenters. The molecule has 1 N–H and O–H groups in total. The van der Waals surface area contributed by atoms with E-state index in [0.29, 0.717) is 23.9 Å². The predicted octanol–water partition coefficient (Wildman–Crippen LogP) is 4.07. The molecule has 1 saturated carbocycles. The van der Waals surface area contributed by atoms with Gasteiger partial charge in [0, 0.05) is 50.7 Å². The minimum Gasteiger partial charge on any atom is -0.378 e. The number of pyridine rings is 1.